The number of methoxy groups -OCH3 is 1. The molecule has 0 unspecified atom stereocenters. The van der Waals surface area contributed by atoms with E-state index in [4.69, 9.17) is 10.5 Å². The van der Waals surface area contributed by atoms with Crippen LogP contribution in [0, 0.1) is 0 Å². The highest BCUT2D eigenvalue weighted by Crippen LogP contribution is 2.19. The Bertz CT molecular complexity index is 436. The van der Waals surface area contributed by atoms with Crippen molar-refractivity contribution in [3.8, 4) is 17.0 Å². The molecular weight excluding hydrogens is 190 g/mol. The molecule has 2 rings (SSSR count). The van der Waals surface area contributed by atoms with Gasteiger partial charge in [0, 0.05) is 5.56 Å². The highest BCUT2D eigenvalue weighted by Gasteiger charge is 1.99. The maximum Gasteiger partial charge on any atom is 0.141 e. The van der Waals surface area contributed by atoms with Crippen molar-refractivity contribution in [2.75, 3.05) is 12.8 Å². The van der Waals surface area contributed by atoms with Gasteiger partial charge in [-0.3, -0.25) is 4.98 Å². The Labute approximate surface area is 87.7 Å². The van der Waals surface area contributed by atoms with E-state index < -0.39 is 0 Å². The van der Waals surface area contributed by atoms with Gasteiger partial charge in [0.15, 0.2) is 0 Å². The van der Waals surface area contributed by atoms with Crippen molar-refractivity contribution in [2.24, 2.45) is 0 Å². The van der Waals surface area contributed by atoms with Crippen molar-refractivity contribution in [3.05, 3.63) is 36.7 Å². The Morgan fingerprint density at radius 1 is 1.07 bits per heavy atom. The fourth-order valence-corrected chi connectivity index (χ4v) is 1.25. The van der Waals surface area contributed by atoms with E-state index in [0.29, 0.717) is 5.82 Å². The largest absolute Gasteiger partial charge is 0.497 e. The second-order valence-electron chi connectivity index (χ2n) is 3.06. The number of rotatable bonds is 2. The predicted molar refractivity (Wildman–Crippen MR) is 58.4 cm³/mol. The van der Waals surface area contributed by atoms with E-state index in [1.165, 1.54) is 0 Å². The Balaban J connectivity index is 2.33. The van der Waals surface area contributed by atoms with E-state index in [2.05, 4.69) is 9.97 Å². The Hall–Kier alpha value is -2.10. The van der Waals surface area contributed by atoms with Gasteiger partial charge in [0.25, 0.3) is 0 Å². The number of nitrogens with two attached hydrogens (primary N) is 1. The highest BCUT2D eigenvalue weighted by atomic mass is 16.5. The maximum atomic E-state index is 5.46. The molecule has 0 saturated carbocycles. The molecule has 0 saturated heterocycles. The quantitative estimate of drug-likeness (QED) is 0.803. The topological polar surface area (TPSA) is 61.0 Å². The zero-order valence-corrected chi connectivity index (χ0v) is 8.34. The summed E-state index contributed by atoms with van der Waals surface area (Å²) >= 11 is 0. The lowest BCUT2D eigenvalue weighted by atomic mass is 10.1. The first-order valence-electron chi connectivity index (χ1n) is 4.51. The molecule has 76 valence electrons. The van der Waals surface area contributed by atoms with E-state index in [1.807, 2.05) is 24.3 Å². The number of anilines is 1. The molecule has 4 heteroatoms. The third-order valence-corrected chi connectivity index (χ3v) is 2.06. The lowest BCUT2D eigenvalue weighted by molar-refractivity contribution is 0.415. The number of aromatic nitrogens is 2. The van der Waals surface area contributed by atoms with Crippen LogP contribution in [0.4, 0.5) is 5.82 Å². The summed E-state index contributed by atoms with van der Waals surface area (Å²) in [6.07, 6.45) is 3.19. The van der Waals surface area contributed by atoms with Gasteiger partial charge in [-0.2, -0.15) is 0 Å². The lowest BCUT2D eigenvalue weighted by Gasteiger charge is -2.02. The Kier molecular flexibility index (Phi) is 2.49. The van der Waals surface area contributed by atoms with Crippen LogP contribution in [-0.2, 0) is 0 Å². The van der Waals surface area contributed by atoms with E-state index >= 15 is 0 Å². The summed E-state index contributed by atoms with van der Waals surface area (Å²) < 4.78 is 5.07. The lowest BCUT2D eigenvalue weighted by Crippen LogP contribution is -1.92. The van der Waals surface area contributed by atoms with Crippen LogP contribution in [0.15, 0.2) is 36.7 Å². The van der Waals surface area contributed by atoms with Crippen LogP contribution in [0.3, 0.4) is 0 Å². The van der Waals surface area contributed by atoms with E-state index in [9.17, 15) is 0 Å². The molecule has 1 aromatic carbocycles. The van der Waals surface area contributed by atoms with Gasteiger partial charge in [-0.25, -0.2) is 4.98 Å². The normalized spacial score (nSPS) is 9.93. The molecule has 0 atom stereocenters. The molecule has 0 amide bonds. The molecule has 0 bridgehead atoms. The molecule has 0 aliphatic heterocycles. The third-order valence-electron chi connectivity index (χ3n) is 2.06. The number of hydrogen-bond donors (Lipinski definition) is 1. The van der Waals surface area contributed by atoms with Crippen LogP contribution in [0.1, 0.15) is 0 Å². The molecule has 15 heavy (non-hydrogen) atoms. The van der Waals surface area contributed by atoms with Crippen molar-refractivity contribution in [1.29, 1.82) is 0 Å². The number of nitrogens with zero attached hydrogens (tertiary/aromatic N) is 2. The zero-order valence-electron chi connectivity index (χ0n) is 8.34. The zero-order chi connectivity index (χ0) is 10.7. The molecule has 0 spiro atoms. The van der Waals surface area contributed by atoms with Crippen LogP contribution >= 0.6 is 0 Å². The van der Waals surface area contributed by atoms with E-state index in [1.54, 1.807) is 19.5 Å². The molecule has 2 aromatic rings. The smallest absolute Gasteiger partial charge is 0.141 e. The summed E-state index contributed by atoms with van der Waals surface area (Å²) in [6, 6.07) is 7.62. The van der Waals surface area contributed by atoms with Gasteiger partial charge in [-0.1, -0.05) is 0 Å². The molecule has 1 aromatic heterocycles. The van der Waals surface area contributed by atoms with Crippen molar-refractivity contribution in [1.82, 2.24) is 9.97 Å². The van der Waals surface area contributed by atoms with Crippen molar-refractivity contribution in [2.45, 2.75) is 0 Å². The van der Waals surface area contributed by atoms with Crippen LogP contribution in [0.5, 0.6) is 5.75 Å². The van der Waals surface area contributed by atoms with Crippen LogP contribution in [0.2, 0.25) is 0 Å². The molecule has 2 N–H and O–H groups in total. The van der Waals surface area contributed by atoms with Gasteiger partial charge in [0.05, 0.1) is 25.2 Å². The first-order valence-corrected chi connectivity index (χ1v) is 4.51. The minimum atomic E-state index is 0.423. The summed E-state index contributed by atoms with van der Waals surface area (Å²) in [4.78, 5) is 8.16. The summed E-state index contributed by atoms with van der Waals surface area (Å²) in [7, 11) is 1.64. The van der Waals surface area contributed by atoms with Crippen LogP contribution in [0.25, 0.3) is 11.3 Å². The van der Waals surface area contributed by atoms with E-state index in [0.717, 1.165) is 17.0 Å². The number of ether oxygens (including phenoxy) is 1. The number of hydrogen-bond acceptors (Lipinski definition) is 4. The second kappa shape index (κ2) is 3.96. The van der Waals surface area contributed by atoms with Gasteiger partial charge in [0.2, 0.25) is 0 Å². The SMILES string of the molecule is COc1ccc(-c2cnc(N)cn2)cc1. The molecule has 4 nitrogen and oxygen atoms in total. The average molecular weight is 201 g/mol. The third kappa shape index (κ3) is 2.04. The molecule has 0 aliphatic rings. The standard InChI is InChI=1S/C11H11N3O/c1-15-9-4-2-8(3-5-9)10-6-14-11(12)7-13-10/h2-7H,1H3,(H2,12,14). The van der Waals surface area contributed by atoms with Gasteiger partial charge in [0.1, 0.15) is 11.6 Å². The minimum Gasteiger partial charge on any atom is -0.497 e. The monoisotopic (exact) mass is 201 g/mol. The average Bonchev–Trinajstić information content (AvgIpc) is 2.30. The minimum absolute atomic E-state index is 0.423. The Morgan fingerprint density at radius 3 is 2.33 bits per heavy atom. The summed E-state index contributed by atoms with van der Waals surface area (Å²) in [5, 5.41) is 0. The van der Waals surface area contributed by atoms with E-state index in [-0.39, 0.29) is 0 Å². The Morgan fingerprint density at radius 2 is 1.80 bits per heavy atom. The maximum absolute atomic E-state index is 5.46. The fourth-order valence-electron chi connectivity index (χ4n) is 1.25. The highest BCUT2D eigenvalue weighted by molar-refractivity contribution is 5.59. The number of nitrogen functional groups attached to an aromatic ring is 1. The second-order valence-corrected chi connectivity index (χ2v) is 3.06. The van der Waals surface area contributed by atoms with Gasteiger partial charge in [-0.05, 0) is 24.3 Å². The fraction of sp³-hybridized carbons (Fsp3) is 0.0909. The first-order chi connectivity index (χ1) is 7.29. The van der Waals surface area contributed by atoms with Crippen LogP contribution < -0.4 is 10.5 Å². The number of benzene rings is 1. The molecule has 0 fully saturated rings. The molecular formula is C11H11N3O. The van der Waals surface area contributed by atoms with Gasteiger partial charge < -0.3 is 10.5 Å². The summed E-state index contributed by atoms with van der Waals surface area (Å²) in [5.41, 5.74) is 7.24. The van der Waals surface area contributed by atoms with Crippen molar-refractivity contribution >= 4 is 5.82 Å². The molecule has 0 radical (unpaired) electrons. The predicted octanol–water partition coefficient (Wildman–Crippen LogP) is 1.73. The summed E-state index contributed by atoms with van der Waals surface area (Å²) in [5.74, 6) is 1.24. The molecule has 0 aliphatic carbocycles. The van der Waals surface area contributed by atoms with Crippen molar-refractivity contribution in [3.63, 3.8) is 0 Å². The van der Waals surface area contributed by atoms with Crippen molar-refractivity contribution < 1.29 is 4.74 Å². The first kappa shape index (κ1) is 9.45. The van der Waals surface area contributed by atoms with Gasteiger partial charge >= 0.3 is 0 Å². The summed E-state index contributed by atoms with van der Waals surface area (Å²) in [6.45, 7) is 0. The molecule has 1 heterocycles. The van der Waals surface area contributed by atoms with Gasteiger partial charge in [-0.15, -0.1) is 0 Å². The van der Waals surface area contributed by atoms with Crippen LogP contribution in [-0.4, -0.2) is 17.1 Å².